The number of aryl methyl sites for hydroxylation is 2. The Bertz CT molecular complexity index is 793. The van der Waals surface area contributed by atoms with Gasteiger partial charge in [-0.2, -0.15) is 0 Å². The van der Waals surface area contributed by atoms with E-state index in [1.807, 2.05) is 50.3 Å². The SMILES string of the molecule is Cc1cc(O)cc(C)c1-c1cccc(OC=C2C=CC=CC2)n1. The number of pyridine rings is 1. The normalized spacial score (nSPS) is 15.1. The van der Waals surface area contributed by atoms with Crippen molar-refractivity contribution in [2.45, 2.75) is 20.3 Å². The fourth-order valence-corrected chi connectivity index (χ4v) is 2.72. The standard InChI is InChI=1S/C20H19NO2/c1-14-11-17(22)12-15(2)20(14)18-9-6-10-19(21-18)23-13-16-7-4-3-5-8-16/h3-7,9-13,22H,8H2,1-2H3. The molecule has 3 heteroatoms. The molecule has 0 aliphatic heterocycles. The third-order valence-electron chi connectivity index (χ3n) is 3.74. The number of benzene rings is 1. The molecule has 0 radical (unpaired) electrons. The van der Waals surface area contributed by atoms with Gasteiger partial charge in [0.2, 0.25) is 5.88 Å². The van der Waals surface area contributed by atoms with Gasteiger partial charge in [0.15, 0.2) is 0 Å². The van der Waals surface area contributed by atoms with Crippen LogP contribution in [0.5, 0.6) is 11.6 Å². The van der Waals surface area contributed by atoms with Gasteiger partial charge in [-0.25, -0.2) is 4.98 Å². The number of hydrogen-bond acceptors (Lipinski definition) is 3. The summed E-state index contributed by atoms with van der Waals surface area (Å²) in [7, 11) is 0. The summed E-state index contributed by atoms with van der Waals surface area (Å²) in [5.41, 5.74) is 4.96. The number of allylic oxidation sites excluding steroid dienone is 5. The molecule has 2 aromatic rings. The first-order chi connectivity index (χ1) is 11.1. The summed E-state index contributed by atoms with van der Waals surface area (Å²) in [4.78, 5) is 4.59. The molecule has 3 nitrogen and oxygen atoms in total. The Hall–Kier alpha value is -2.81. The third-order valence-corrected chi connectivity index (χ3v) is 3.74. The highest BCUT2D eigenvalue weighted by atomic mass is 16.5. The van der Waals surface area contributed by atoms with Crippen molar-refractivity contribution >= 4 is 0 Å². The average Bonchev–Trinajstić information content (AvgIpc) is 2.53. The molecule has 0 amide bonds. The highest BCUT2D eigenvalue weighted by molar-refractivity contribution is 5.69. The summed E-state index contributed by atoms with van der Waals surface area (Å²) in [5, 5.41) is 9.68. The molecule has 0 saturated carbocycles. The Labute approximate surface area is 136 Å². The zero-order valence-corrected chi connectivity index (χ0v) is 13.3. The molecular formula is C20H19NO2. The molecule has 23 heavy (non-hydrogen) atoms. The van der Waals surface area contributed by atoms with Crippen LogP contribution in [0, 0.1) is 13.8 Å². The van der Waals surface area contributed by atoms with Crippen LogP contribution in [0.3, 0.4) is 0 Å². The van der Waals surface area contributed by atoms with Gasteiger partial charge in [-0.05, 0) is 55.2 Å². The van der Waals surface area contributed by atoms with Crippen LogP contribution in [0.15, 0.2) is 66.5 Å². The first-order valence-electron chi connectivity index (χ1n) is 7.60. The highest BCUT2D eigenvalue weighted by Crippen LogP contribution is 2.30. The summed E-state index contributed by atoms with van der Waals surface area (Å²) in [6, 6.07) is 9.22. The molecule has 0 saturated heterocycles. The molecule has 0 fully saturated rings. The van der Waals surface area contributed by atoms with Gasteiger partial charge >= 0.3 is 0 Å². The lowest BCUT2D eigenvalue weighted by atomic mass is 9.99. The minimum absolute atomic E-state index is 0.276. The smallest absolute Gasteiger partial charge is 0.218 e. The van der Waals surface area contributed by atoms with Gasteiger partial charge in [-0.3, -0.25) is 0 Å². The van der Waals surface area contributed by atoms with E-state index >= 15 is 0 Å². The molecule has 1 N–H and O–H groups in total. The van der Waals surface area contributed by atoms with Gasteiger partial charge in [0.25, 0.3) is 0 Å². The van der Waals surface area contributed by atoms with Gasteiger partial charge in [0.05, 0.1) is 12.0 Å². The van der Waals surface area contributed by atoms with Crippen molar-refractivity contribution in [3.63, 3.8) is 0 Å². The minimum atomic E-state index is 0.276. The van der Waals surface area contributed by atoms with E-state index in [-0.39, 0.29) is 5.75 Å². The Morgan fingerprint density at radius 3 is 2.61 bits per heavy atom. The van der Waals surface area contributed by atoms with Crippen LogP contribution in [0.25, 0.3) is 11.3 Å². The zero-order chi connectivity index (χ0) is 16.2. The number of phenolic OH excluding ortho intramolecular Hbond substituents is 1. The molecule has 0 bridgehead atoms. The maximum atomic E-state index is 9.68. The van der Waals surface area contributed by atoms with Crippen molar-refractivity contribution in [3.05, 3.63) is 77.6 Å². The van der Waals surface area contributed by atoms with Crippen molar-refractivity contribution in [3.8, 4) is 22.9 Å². The predicted octanol–water partition coefficient (Wildman–Crippen LogP) is 4.85. The van der Waals surface area contributed by atoms with E-state index in [1.165, 1.54) is 0 Å². The first-order valence-corrected chi connectivity index (χ1v) is 7.60. The number of phenols is 1. The molecule has 0 atom stereocenters. The molecule has 0 spiro atoms. The molecule has 1 aliphatic rings. The molecule has 116 valence electrons. The Kier molecular flexibility index (Phi) is 4.29. The van der Waals surface area contributed by atoms with Crippen LogP contribution in [-0.2, 0) is 0 Å². The molecule has 1 aromatic heterocycles. The lowest BCUT2D eigenvalue weighted by Gasteiger charge is -2.11. The number of ether oxygens (including phenoxy) is 1. The van der Waals surface area contributed by atoms with Gasteiger partial charge in [0, 0.05) is 11.6 Å². The van der Waals surface area contributed by atoms with Crippen molar-refractivity contribution in [1.29, 1.82) is 0 Å². The lowest BCUT2D eigenvalue weighted by Crippen LogP contribution is -1.94. The van der Waals surface area contributed by atoms with Crippen LogP contribution < -0.4 is 4.74 Å². The van der Waals surface area contributed by atoms with Crippen molar-refractivity contribution in [1.82, 2.24) is 4.98 Å². The lowest BCUT2D eigenvalue weighted by molar-refractivity contribution is 0.457. The van der Waals surface area contributed by atoms with E-state index in [2.05, 4.69) is 11.1 Å². The van der Waals surface area contributed by atoms with E-state index in [0.29, 0.717) is 5.88 Å². The van der Waals surface area contributed by atoms with Crippen LogP contribution in [0.2, 0.25) is 0 Å². The van der Waals surface area contributed by atoms with Crippen LogP contribution >= 0.6 is 0 Å². The summed E-state index contributed by atoms with van der Waals surface area (Å²) < 4.78 is 5.70. The molecule has 1 heterocycles. The second-order valence-corrected chi connectivity index (χ2v) is 5.62. The van der Waals surface area contributed by atoms with E-state index in [1.54, 1.807) is 18.4 Å². The largest absolute Gasteiger partial charge is 0.508 e. The van der Waals surface area contributed by atoms with E-state index in [9.17, 15) is 5.11 Å². The fourth-order valence-electron chi connectivity index (χ4n) is 2.72. The summed E-state index contributed by atoms with van der Waals surface area (Å²) in [5.74, 6) is 0.836. The monoisotopic (exact) mass is 305 g/mol. The van der Waals surface area contributed by atoms with Gasteiger partial charge in [-0.15, -0.1) is 0 Å². The number of hydrogen-bond donors (Lipinski definition) is 1. The topological polar surface area (TPSA) is 42.4 Å². The summed E-state index contributed by atoms with van der Waals surface area (Å²) >= 11 is 0. The zero-order valence-electron chi connectivity index (χ0n) is 13.3. The second-order valence-electron chi connectivity index (χ2n) is 5.62. The molecule has 1 aliphatic carbocycles. The van der Waals surface area contributed by atoms with E-state index < -0.39 is 0 Å². The fraction of sp³-hybridized carbons (Fsp3) is 0.150. The predicted molar refractivity (Wildman–Crippen MR) is 92.4 cm³/mol. The minimum Gasteiger partial charge on any atom is -0.508 e. The number of nitrogens with zero attached hydrogens (tertiary/aromatic N) is 1. The van der Waals surface area contributed by atoms with Crippen molar-refractivity contribution < 1.29 is 9.84 Å². The third kappa shape index (κ3) is 3.51. The Morgan fingerprint density at radius 2 is 1.91 bits per heavy atom. The average molecular weight is 305 g/mol. The van der Waals surface area contributed by atoms with Crippen molar-refractivity contribution in [2.24, 2.45) is 0 Å². The van der Waals surface area contributed by atoms with Crippen LogP contribution in [0.4, 0.5) is 0 Å². The van der Waals surface area contributed by atoms with Gasteiger partial charge < -0.3 is 9.84 Å². The number of aromatic nitrogens is 1. The summed E-state index contributed by atoms with van der Waals surface area (Å²) in [6.07, 6.45) is 10.7. The maximum Gasteiger partial charge on any atom is 0.218 e. The van der Waals surface area contributed by atoms with E-state index in [4.69, 9.17) is 4.74 Å². The molecular weight excluding hydrogens is 286 g/mol. The number of aromatic hydroxyl groups is 1. The Morgan fingerprint density at radius 1 is 1.13 bits per heavy atom. The van der Waals surface area contributed by atoms with E-state index in [0.717, 1.165) is 34.4 Å². The highest BCUT2D eigenvalue weighted by Gasteiger charge is 2.09. The Balaban J connectivity index is 1.89. The second kappa shape index (κ2) is 6.53. The molecule has 1 aromatic carbocycles. The van der Waals surface area contributed by atoms with Crippen LogP contribution in [0.1, 0.15) is 17.5 Å². The quantitative estimate of drug-likeness (QED) is 0.824. The van der Waals surface area contributed by atoms with Gasteiger partial charge in [0.1, 0.15) is 5.75 Å². The maximum absolute atomic E-state index is 9.68. The van der Waals surface area contributed by atoms with Gasteiger partial charge in [-0.1, -0.05) is 30.4 Å². The van der Waals surface area contributed by atoms with Crippen molar-refractivity contribution in [2.75, 3.05) is 0 Å². The summed E-state index contributed by atoms with van der Waals surface area (Å²) in [6.45, 7) is 3.94. The molecule has 0 unspecified atom stereocenters. The first kappa shape index (κ1) is 15.1. The number of rotatable bonds is 3. The van der Waals surface area contributed by atoms with Crippen LogP contribution in [-0.4, -0.2) is 10.1 Å². The molecule has 3 rings (SSSR count).